The van der Waals surface area contributed by atoms with Gasteiger partial charge in [0.15, 0.2) is 6.23 Å². The first-order valence-electron chi connectivity index (χ1n) is 10.7. The highest BCUT2D eigenvalue weighted by atomic mass is 16.6. The summed E-state index contributed by atoms with van der Waals surface area (Å²) in [5.74, 6) is -0.0644. The van der Waals surface area contributed by atoms with Crippen molar-refractivity contribution in [1.82, 2.24) is 14.5 Å². The summed E-state index contributed by atoms with van der Waals surface area (Å²) in [7, 11) is 0. The van der Waals surface area contributed by atoms with Gasteiger partial charge in [0, 0.05) is 34.5 Å². The van der Waals surface area contributed by atoms with Crippen LogP contribution in [0.15, 0.2) is 48.5 Å². The van der Waals surface area contributed by atoms with E-state index in [0.717, 1.165) is 54.7 Å². The number of carbonyl (C=O) groups excluding carboxylic acids is 1. The summed E-state index contributed by atoms with van der Waals surface area (Å²) in [6.07, 6.45) is -1.21. The van der Waals surface area contributed by atoms with Crippen LogP contribution in [0, 0.1) is 11.3 Å². The SMILES string of the molecule is N#C[C@]1(O)CC2OC1n1c3ccccc3c3c4c(c5c6ccccc6n2c5c31)C(=O)NC4. The van der Waals surface area contributed by atoms with Gasteiger partial charge in [-0.05, 0) is 17.7 Å². The molecule has 8 rings (SSSR count). The van der Waals surface area contributed by atoms with Crippen molar-refractivity contribution in [2.75, 3.05) is 0 Å². The van der Waals surface area contributed by atoms with E-state index in [1.165, 1.54) is 0 Å². The van der Waals surface area contributed by atoms with Gasteiger partial charge in [-0.1, -0.05) is 36.4 Å². The average Bonchev–Trinajstić information content (AvgIpc) is 3.51. The predicted octanol–water partition coefficient (Wildman–Crippen LogP) is 3.83. The molecule has 0 radical (unpaired) electrons. The smallest absolute Gasteiger partial charge is 0.252 e. The van der Waals surface area contributed by atoms with Crippen LogP contribution in [-0.2, 0) is 11.3 Å². The van der Waals surface area contributed by atoms with E-state index in [2.05, 4.69) is 16.0 Å². The lowest BCUT2D eigenvalue weighted by molar-refractivity contribution is -0.0716. The second-order valence-electron chi connectivity index (χ2n) is 8.94. The van der Waals surface area contributed by atoms with Crippen LogP contribution in [0.2, 0.25) is 0 Å². The van der Waals surface area contributed by atoms with Crippen LogP contribution < -0.4 is 5.32 Å². The Morgan fingerprint density at radius 1 is 1.03 bits per heavy atom. The third-order valence-electron chi connectivity index (χ3n) is 7.45. The molecule has 154 valence electrons. The molecule has 0 aliphatic carbocycles. The fourth-order valence-corrected chi connectivity index (χ4v) is 6.26. The number of benzene rings is 3. The van der Waals surface area contributed by atoms with Crippen molar-refractivity contribution in [2.45, 2.75) is 31.0 Å². The van der Waals surface area contributed by atoms with Gasteiger partial charge in [-0.2, -0.15) is 5.26 Å². The van der Waals surface area contributed by atoms with Crippen molar-refractivity contribution in [3.63, 3.8) is 0 Å². The fourth-order valence-electron chi connectivity index (χ4n) is 6.26. The van der Waals surface area contributed by atoms with Crippen LogP contribution in [-0.4, -0.2) is 25.7 Å². The zero-order chi connectivity index (χ0) is 21.4. The minimum Gasteiger partial charge on any atom is -0.371 e. The van der Waals surface area contributed by atoms with Gasteiger partial charge in [-0.3, -0.25) is 4.79 Å². The van der Waals surface area contributed by atoms with E-state index in [1.807, 2.05) is 53.1 Å². The summed E-state index contributed by atoms with van der Waals surface area (Å²) in [5.41, 5.74) is 3.68. The molecule has 1 saturated heterocycles. The van der Waals surface area contributed by atoms with Crippen LogP contribution >= 0.6 is 0 Å². The first kappa shape index (κ1) is 16.8. The van der Waals surface area contributed by atoms with E-state index in [9.17, 15) is 15.2 Å². The molecule has 5 aromatic rings. The topological polar surface area (TPSA) is 92.2 Å². The molecule has 1 amide bonds. The molecule has 2 N–H and O–H groups in total. The van der Waals surface area contributed by atoms with Crippen LogP contribution in [0.1, 0.15) is 34.8 Å². The standard InChI is InChI=1S/C25H16N4O3/c26-11-25(31)9-17-28-15-7-3-2-6-13(15)19-20-14(10-27-23(20)30)18-12-5-1-4-8-16(12)29(24(25)32-17)21(18)22(19)28/h1-8,17,24,31H,9-10H2,(H,27,30)/t17?,24?,25-/m1/s1. The number of hydrogen-bond acceptors (Lipinski definition) is 4. The van der Waals surface area contributed by atoms with E-state index in [0.29, 0.717) is 6.54 Å². The Balaban J connectivity index is 1.77. The van der Waals surface area contributed by atoms with E-state index in [4.69, 9.17) is 4.74 Å². The first-order valence-corrected chi connectivity index (χ1v) is 10.7. The number of para-hydroxylation sites is 2. The second-order valence-corrected chi connectivity index (χ2v) is 8.94. The van der Waals surface area contributed by atoms with Gasteiger partial charge < -0.3 is 24.3 Å². The number of aliphatic hydroxyl groups is 1. The molecule has 32 heavy (non-hydrogen) atoms. The number of carbonyl (C=O) groups is 1. The number of ether oxygens (including phenoxy) is 1. The summed E-state index contributed by atoms with van der Waals surface area (Å²) in [4.78, 5) is 13.1. The molecule has 2 unspecified atom stereocenters. The van der Waals surface area contributed by atoms with Crippen molar-refractivity contribution in [1.29, 1.82) is 5.26 Å². The number of fused-ring (bicyclic) bond motifs is 13. The molecule has 2 bridgehead atoms. The minimum absolute atomic E-state index is 0.0644. The summed E-state index contributed by atoms with van der Waals surface area (Å²) >= 11 is 0. The zero-order valence-electron chi connectivity index (χ0n) is 16.8. The average molecular weight is 420 g/mol. The maximum Gasteiger partial charge on any atom is 0.252 e. The molecule has 1 fully saturated rings. The normalized spacial score (nSPS) is 25.7. The molecule has 7 nitrogen and oxygen atoms in total. The van der Waals surface area contributed by atoms with Crippen molar-refractivity contribution in [3.05, 3.63) is 59.7 Å². The van der Waals surface area contributed by atoms with Gasteiger partial charge in [0.1, 0.15) is 12.3 Å². The minimum atomic E-state index is -1.66. The highest BCUT2D eigenvalue weighted by Gasteiger charge is 2.53. The highest BCUT2D eigenvalue weighted by molar-refractivity contribution is 6.30. The number of amides is 1. The lowest BCUT2D eigenvalue weighted by atomic mass is 9.96. The number of aromatic nitrogens is 2. The van der Waals surface area contributed by atoms with Gasteiger partial charge in [0.05, 0.1) is 27.6 Å². The van der Waals surface area contributed by atoms with Crippen LogP contribution in [0.4, 0.5) is 0 Å². The van der Waals surface area contributed by atoms with Crippen molar-refractivity contribution < 1.29 is 14.6 Å². The van der Waals surface area contributed by atoms with Gasteiger partial charge in [-0.15, -0.1) is 0 Å². The zero-order valence-corrected chi connectivity index (χ0v) is 16.8. The Kier molecular flexibility index (Phi) is 2.69. The molecule has 0 saturated carbocycles. The second kappa shape index (κ2) is 5.13. The van der Waals surface area contributed by atoms with Crippen molar-refractivity contribution in [2.24, 2.45) is 0 Å². The molecule has 3 atom stereocenters. The van der Waals surface area contributed by atoms with E-state index < -0.39 is 18.1 Å². The monoisotopic (exact) mass is 420 g/mol. The van der Waals surface area contributed by atoms with E-state index in [-0.39, 0.29) is 12.3 Å². The molecule has 7 heteroatoms. The molecule has 5 heterocycles. The molecule has 0 spiro atoms. The van der Waals surface area contributed by atoms with Crippen LogP contribution in [0.3, 0.4) is 0 Å². The number of nitriles is 1. The molecule has 3 aliphatic heterocycles. The maximum absolute atomic E-state index is 13.1. The molecular weight excluding hydrogens is 404 g/mol. The van der Waals surface area contributed by atoms with Gasteiger partial charge >= 0.3 is 0 Å². The predicted molar refractivity (Wildman–Crippen MR) is 118 cm³/mol. The van der Waals surface area contributed by atoms with Crippen LogP contribution in [0.5, 0.6) is 0 Å². The summed E-state index contributed by atoms with van der Waals surface area (Å²) in [6, 6.07) is 18.1. The quantitative estimate of drug-likeness (QED) is 0.373. The van der Waals surface area contributed by atoms with E-state index in [1.54, 1.807) is 0 Å². The molecule has 3 aromatic carbocycles. The number of nitrogens with one attached hydrogen (secondary N) is 1. The largest absolute Gasteiger partial charge is 0.371 e. The third-order valence-corrected chi connectivity index (χ3v) is 7.45. The Morgan fingerprint density at radius 3 is 2.44 bits per heavy atom. The number of nitrogens with zero attached hydrogens (tertiary/aromatic N) is 3. The molecule has 2 aromatic heterocycles. The van der Waals surface area contributed by atoms with Crippen molar-refractivity contribution in [3.8, 4) is 6.07 Å². The van der Waals surface area contributed by atoms with Gasteiger partial charge in [-0.25, -0.2) is 0 Å². The summed E-state index contributed by atoms with van der Waals surface area (Å²) in [6.45, 7) is 0.450. The Hall–Kier alpha value is -3.86. The Labute approximate surface area is 181 Å². The van der Waals surface area contributed by atoms with Gasteiger partial charge in [0.25, 0.3) is 5.91 Å². The lowest BCUT2D eigenvalue weighted by Crippen LogP contribution is -2.34. The number of rotatable bonds is 0. The van der Waals surface area contributed by atoms with E-state index >= 15 is 0 Å². The van der Waals surface area contributed by atoms with Crippen LogP contribution in [0.25, 0.3) is 43.6 Å². The van der Waals surface area contributed by atoms with Crippen molar-refractivity contribution >= 4 is 49.5 Å². The van der Waals surface area contributed by atoms with Gasteiger partial charge in [0.2, 0.25) is 5.60 Å². The first-order chi connectivity index (χ1) is 15.6. The summed E-state index contributed by atoms with van der Waals surface area (Å²) < 4.78 is 10.5. The Bertz CT molecular complexity index is 1750. The fraction of sp³-hybridized carbons (Fsp3) is 0.200. The summed E-state index contributed by atoms with van der Waals surface area (Å²) in [5, 5.41) is 28.2. The maximum atomic E-state index is 13.1. The highest BCUT2D eigenvalue weighted by Crippen LogP contribution is 2.54. The Morgan fingerprint density at radius 2 is 1.69 bits per heavy atom. The molecule has 3 aliphatic rings. The molecular formula is C25H16N4O3. The number of hydrogen-bond donors (Lipinski definition) is 2. The third kappa shape index (κ3) is 1.62. The lowest BCUT2D eigenvalue weighted by Gasteiger charge is -2.24.